The number of hydrogen-bond acceptors (Lipinski definition) is 5. The quantitative estimate of drug-likeness (QED) is 0.579. The van der Waals surface area contributed by atoms with Crippen molar-refractivity contribution in [2.24, 2.45) is 0 Å². The molecule has 2 heterocycles. The molecule has 0 aliphatic carbocycles. The molecule has 0 fully saturated rings. The third-order valence-electron chi connectivity index (χ3n) is 3.81. The van der Waals surface area contributed by atoms with Gasteiger partial charge in [0.05, 0.1) is 17.2 Å². The first-order chi connectivity index (χ1) is 13.0. The van der Waals surface area contributed by atoms with Gasteiger partial charge in [-0.15, -0.1) is 11.3 Å². The van der Waals surface area contributed by atoms with Crippen LogP contribution in [-0.2, 0) is 11.2 Å². The number of halogens is 1. The Bertz CT molecular complexity index is 934. The molecule has 0 unspecified atom stereocenters. The topological polar surface area (TPSA) is 84.2 Å². The number of amides is 2. The van der Waals surface area contributed by atoms with Gasteiger partial charge in [0.15, 0.2) is 10.4 Å². The fourth-order valence-corrected chi connectivity index (χ4v) is 3.36. The lowest BCUT2D eigenvalue weighted by atomic mass is 10.1. The van der Waals surface area contributed by atoms with Crippen molar-refractivity contribution in [3.8, 4) is 11.3 Å². The number of aryl methyl sites for hydroxylation is 1. The highest BCUT2D eigenvalue weighted by atomic mass is 79.9. The van der Waals surface area contributed by atoms with Crippen molar-refractivity contribution in [2.45, 2.75) is 13.3 Å². The zero-order valence-corrected chi connectivity index (χ0v) is 17.0. The number of furan rings is 1. The minimum Gasteiger partial charge on any atom is -0.444 e. The first kappa shape index (κ1) is 19.3. The van der Waals surface area contributed by atoms with Gasteiger partial charge >= 0.3 is 0 Å². The van der Waals surface area contributed by atoms with E-state index in [0.717, 1.165) is 21.8 Å². The van der Waals surface area contributed by atoms with E-state index in [1.165, 1.54) is 6.07 Å². The molecule has 0 aliphatic heterocycles. The third kappa shape index (κ3) is 5.51. The fraction of sp³-hybridized carbons (Fsp3) is 0.211. The number of thiazole rings is 1. The van der Waals surface area contributed by atoms with Gasteiger partial charge < -0.3 is 15.1 Å². The summed E-state index contributed by atoms with van der Waals surface area (Å²) in [6.45, 7) is 2.39. The van der Waals surface area contributed by atoms with Crippen LogP contribution >= 0.6 is 27.3 Å². The predicted octanol–water partition coefficient (Wildman–Crippen LogP) is 3.56. The van der Waals surface area contributed by atoms with Crippen LogP contribution in [0.4, 0.5) is 0 Å². The summed E-state index contributed by atoms with van der Waals surface area (Å²) in [5.74, 6) is -0.516. The second-order valence-corrected chi connectivity index (χ2v) is 7.68. The molecule has 27 heavy (non-hydrogen) atoms. The normalized spacial score (nSPS) is 10.6. The molecule has 0 atom stereocenters. The molecule has 3 aromatic rings. The molecular formula is C19H18BrN3O3S. The smallest absolute Gasteiger partial charge is 0.287 e. The zero-order valence-electron chi connectivity index (χ0n) is 14.6. The van der Waals surface area contributed by atoms with E-state index in [-0.39, 0.29) is 18.2 Å². The van der Waals surface area contributed by atoms with Crippen LogP contribution in [0, 0.1) is 6.92 Å². The van der Waals surface area contributed by atoms with Crippen molar-refractivity contribution in [3.63, 3.8) is 0 Å². The van der Waals surface area contributed by atoms with Crippen molar-refractivity contribution >= 4 is 39.1 Å². The lowest BCUT2D eigenvalue weighted by Gasteiger charge is -2.07. The fourth-order valence-electron chi connectivity index (χ4n) is 2.43. The van der Waals surface area contributed by atoms with E-state index in [9.17, 15) is 9.59 Å². The molecule has 6 nitrogen and oxygen atoms in total. The van der Waals surface area contributed by atoms with Crippen molar-refractivity contribution in [2.75, 3.05) is 13.1 Å². The highest BCUT2D eigenvalue weighted by Crippen LogP contribution is 2.21. The van der Waals surface area contributed by atoms with Crippen LogP contribution in [0.3, 0.4) is 0 Å². The van der Waals surface area contributed by atoms with Crippen molar-refractivity contribution < 1.29 is 14.0 Å². The van der Waals surface area contributed by atoms with Crippen LogP contribution in [0.5, 0.6) is 0 Å². The summed E-state index contributed by atoms with van der Waals surface area (Å²) in [4.78, 5) is 28.1. The monoisotopic (exact) mass is 447 g/mol. The molecule has 1 aromatic carbocycles. The zero-order chi connectivity index (χ0) is 19.2. The van der Waals surface area contributed by atoms with E-state index in [1.807, 2.05) is 36.6 Å². The third-order valence-corrected chi connectivity index (χ3v) is 5.01. The number of hydrogen-bond donors (Lipinski definition) is 2. The maximum atomic E-state index is 11.8. The lowest BCUT2D eigenvalue weighted by Crippen LogP contribution is -2.37. The van der Waals surface area contributed by atoms with E-state index in [1.54, 1.807) is 17.4 Å². The van der Waals surface area contributed by atoms with Gasteiger partial charge in [-0.05, 0) is 47.0 Å². The molecule has 0 radical (unpaired) electrons. The van der Waals surface area contributed by atoms with Crippen molar-refractivity contribution in [1.29, 1.82) is 0 Å². The summed E-state index contributed by atoms with van der Waals surface area (Å²) in [5.41, 5.74) is 3.19. The maximum absolute atomic E-state index is 11.8. The summed E-state index contributed by atoms with van der Waals surface area (Å²) >= 11 is 4.76. The standard InChI is InChI=1S/C19H18BrN3O3S/c1-12-23-15(11-27-12)14-4-2-13(3-5-14)8-9-21-18(24)10-22-19(25)16-6-7-17(20)26-16/h2-7,11H,8-10H2,1H3,(H,21,24)(H,22,25). The van der Waals surface area contributed by atoms with E-state index < -0.39 is 5.91 Å². The van der Waals surface area contributed by atoms with E-state index in [0.29, 0.717) is 17.6 Å². The average molecular weight is 448 g/mol. The van der Waals surface area contributed by atoms with Crippen LogP contribution < -0.4 is 10.6 Å². The Hall–Kier alpha value is -2.45. The molecule has 2 N–H and O–H groups in total. The molecule has 140 valence electrons. The number of nitrogens with one attached hydrogen (secondary N) is 2. The SMILES string of the molecule is Cc1nc(-c2ccc(CCNC(=O)CNC(=O)c3ccc(Br)o3)cc2)cs1. The lowest BCUT2D eigenvalue weighted by molar-refractivity contribution is -0.120. The molecular weight excluding hydrogens is 430 g/mol. The summed E-state index contributed by atoms with van der Waals surface area (Å²) < 4.78 is 5.59. The van der Waals surface area contributed by atoms with E-state index in [4.69, 9.17) is 4.42 Å². The van der Waals surface area contributed by atoms with E-state index in [2.05, 4.69) is 31.5 Å². The highest BCUT2D eigenvalue weighted by molar-refractivity contribution is 9.10. The molecule has 0 saturated carbocycles. The first-order valence-corrected chi connectivity index (χ1v) is 10.0. The number of benzene rings is 1. The Balaban J connectivity index is 1.40. The van der Waals surface area contributed by atoms with Gasteiger partial charge in [-0.3, -0.25) is 9.59 Å². The average Bonchev–Trinajstić information content (AvgIpc) is 3.29. The molecule has 3 rings (SSSR count). The van der Waals surface area contributed by atoms with Crippen LogP contribution in [-0.4, -0.2) is 29.9 Å². The van der Waals surface area contributed by atoms with Crippen LogP contribution in [0.15, 0.2) is 50.9 Å². The summed E-state index contributed by atoms with van der Waals surface area (Å²) in [6.07, 6.45) is 0.710. The molecule has 8 heteroatoms. The Morgan fingerprint density at radius 1 is 1.15 bits per heavy atom. The van der Waals surface area contributed by atoms with Crippen molar-refractivity contribution in [3.05, 3.63) is 62.8 Å². The maximum Gasteiger partial charge on any atom is 0.287 e. The Labute approximate surface area is 169 Å². The minimum absolute atomic E-state index is 0.0979. The summed E-state index contributed by atoms with van der Waals surface area (Å²) in [7, 11) is 0. The molecule has 2 amide bonds. The number of carbonyl (C=O) groups is 2. The second-order valence-electron chi connectivity index (χ2n) is 5.84. The number of carbonyl (C=O) groups excluding carboxylic acids is 2. The minimum atomic E-state index is -0.427. The Morgan fingerprint density at radius 2 is 1.93 bits per heavy atom. The van der Waals surface area contributed by atoms with Gasteiger partial charge in [0, 0.05) is 17.5 Å². The van der Waals surface area contributed by atoms with E-state index >= 15 is 0 Å². The second kappa shape index (κ2) is 8.96. The number of aromatic nitrogens is 1. The molecule has 0 spiro atoms. The highest BCUT2D eigenvalue weighted by Gasteiger charge is 2.11. The van der Waals surface area contributed by atoms with Crippen LogP contribution in [0.2, 0.25) is 0 Å². The van der Waals surface area contributed by atoms with Gasteiger partial charge in [0.2, 0.25) is 5.91 Å². The largest absolute Gasteiger partial charge is 0.444 e. The van der Waals surface area contributed by atoms with Gasteiger partial charge in [-0.2, -0.15) is 0 Å². The Kier molecular flexibility index (Phi) is 6.41. The van der Waals surface area contributed by atoms with Crippen LogP contribution in [0.1, 0.15) is 21.1 Å². The molecule has 0 aliphatic rings. The molecule has 0 saturated heterocycles. The van der Waals surface area contributed by atoms with Crippen LogP contribution in [0.25, 0.3) is 11.3 Å². The van der Waals surface area contributed by atoms with Gasteiger partial charge in [0.25, 0.3) is 5.91 Å². The summed E-state index contributed by atoms with van der Waals surface area (Å²) in [6, 6.07) is 11.3. The number of nitrogens with zero attached hydrogens (tertiary/aromatic N) is 1. The molecule has 2 aromatic heterocycles. The molecule has 0 bridgehead atoms. The number of rotatable bonds is 7. The Morgan fingerprint density at radius 3 is 2.56 bits per heavy atom. The predicted molar refractivity (Wildman–Crippen MR) is 108 cm³/mol. The summed E-state index contributed by atoms with van der Waals surface area (Å²) in [5, 5.41) is 8.39. The van der Waals surface area contributed by atoms with Gasteiger partial charge in [-0.25, -0.2) is 4.98 Å². The van der Waals surface area contributed by atoms with Gasteiger partial charge in [-0.1, -0.05) is 24.3 Å². The van der Waals surface area contributed by atoms with Crippen molar-refractivity contribution in [1.82, 2.24) is 15.6 Å². The van der Waals surface area contributed by atoms with Gasteiger partial charge in [0.1, 0.15) is 0 Å². The first-order valence-electron chi connectivity index (χ1n) is 8.33.